The van der Waals surface area contributed by atoms with E-state index in [1.165, 1.54) is 0 Å². The van der Waals surface area contributed by atoms with Gasteiger partial charge in [-0.25, -0.2) is 0 Å². The minimum Gasteiger partial charge on any atom is -0.304 e. The van der Waals surface area contributed by atoms with Gasteiger partial charge in [0.25, 0.3) is 0 Å². The maximum atomic E-state index is 12.5. The summed E-state index contributed by atoms with van der Waals surface area (Å²) in [7, 11) is 4.11. The molecule has 0 aromatic carbocycles. The molecule has 0 aliphatic carbocycles. The first kappa shape index (κ1) is 13.2. The summed E-state index contributed by atoms with van der Waals surface area (Å²) in [6.07, 6.45) is 4.65. The van der Waals surface area contributed by atoms with Crippen LogP contribution in [0.3, 0.4) is 0 Å². The van der Waals surface area contributed by atoms with Crippen LogP contribution in [0.1, 0.15) is 23.7 Å². The molecule has 18 heavy (non-hydrogen) atoms. The van der Waals surface area contributed by atoms with Crippen LogP contribution in [0.15, 0.2) is 12.4 Å². The quantitative estimate of drug-likeness (QED) is 0.741. The highest BCUT2D eigenvalue weighted by atomic mass is 16.1. The van der Waals surface area contributed by atoms with Crippen LogP contribution < -0.4 is 0 Å². The largest absolute Gasteiger partial charge is 0.304 e. The van der Waals surface area contributed by atoms with Gasteiger partial charge in [-0.3, -0.25) is 14.4 Å². The number of ketones is 1. The number of nitrogens with zero attached hydrogens (tertiary/aromatic N) is 4. The maximum absolute atomic E-state index is 12.5. The van der Waals surface area contributed by atoms with Crippen molar-refractivity contribution in [1.29, 1.82) is 0 Å². The zero-order valence-corrected chi connectivity index (χ0v) is 11.5. The van der Waals surface area contributed by atoms with Gasteiger partial charge >= 0.3 is 0 Å². The average Bonchev–Trinajstić information content (AvgIpc) is 2.77. The van der Waals surface area contributed by atoms with Gasteiger partial charge in [-0.15, -0.1) is 0 Å². The number of aromatic nitrogens is 2. The third kappa shape index (κ3) is 2.79. The Morgan fingerprint density at radius 2 is 2.22 bits per heavy atom. The number of carbonyl (C=O) groups excluding carboxylic acids is 1. The molecule has 5 nitrogen and oxygen atoms in total. The Hall–Kier alpha value is -1.20. The summed E-state index contributed by atoms with van der Waals surface area (Å²) in [5.74, 6) is 0.186. The average molecular weight is 250 g/mol. The minimum atomic E-state index is -0.0491. The second-order valence-corrected chi connectivity index (χ2v) is 5.06. The van der Waals surface area contributed by atoms with E-state index < -0.39 is 0 Å². The summed E-state index contributed by atoms with van der Waals surface area (Å²) in [6.45, 7) is 5.65. The molecule has 1 aromatic rings. The highest BCUT2D eigenvalue weighted by Gasteiger charge is 2.28. The predicted molar refractivity (Wildman–Crippen MR) is 70.8 cm³/mol. The van der Waals surface area contributed by atoms with Gasteiger partial charge in [-0.05, 0) is 40.5 Å². The molecule has 0 spiro atoms. The molecule has 0 radical (unpaired) electrons. The molecule has 1 aliphatic heterocycles. The summed E-state index contributed by atoms with van der Waals surface area (Å²) in [5, 5.41) is 4.18. The molecule has 1 aromatic heterocycles. The fourth-order valence-electron chi connectivity index (χ4n) is 2.41. The van der Waals surface area contributed by atoms with Gasteiger partial charge in [0.1, 0.15) is 0 Å². The normalized spacial score (nSPS) is 22.9. The van der Waals surface area contributed by atoms with Gasteiger partial charge in [-0.2, -0.15) is 5.10 Å². The van der Waals surface area contributed by atoms with Crippen LogP contribution in [0.5, 0.6) is 0 Å². The minimum absolute atomic E-state index is 0.0491. The van der Waals surface area contributed by atoms with Crippen molar-refractivity contribution in [3.8, 4) is 0 Å². The number of rotatable bonds is 3. The molecule has 2 rings (SSSR count). The second-order valence-electron chi connectivity index (χ2n) is 5.06. The van der Waals surface area contributed by atoms with E-state index in [9.17, 15) is 4.79 Å². The smallest absolute Gasteiger partial charge is 0.184 e. The molecule has 0 saturated carbocycles. The van der Waals surface area contributed by atoms with Gasteiger partial charge in [0.05, 0.1) is 17.8 Å². The van der Waals surface area contributed by atoms with Crippen molar-refractivity contribution < 1.29 is 4.79 Å². The molecule has 1 saturated heterocycles. The molecule has 1 atom stereocenters. The molecule has 1 fully saturated rings. The highest BCUT2D eigenvalue weighted by molar-refractivity contribution is 5.99. The van der Waals surface area contributed by atoms with Crippen LogP contribution in [0, 0.1) is 0 Å². The summed E-state index contributed by atoms with van der Waals surface area (Å²) < 4.78 is 1.80. The molecular weight excluding hydrogens is 228 g/mol. The number of likely N-dealkylation sites (N-methyl/N-ethyl adjacent to an activating group) is 2. The van der Waals surface area contributed by atoms with Gasteiger partial charge < -0.3 is 4.90 Å². The van der Waals surface area contributed by atoms with Crippen molar-refractivity contribution in [3.63, 3.8) is 0 Å². The Labute approximate surface area is 108 Å². The number of Topliss-reactive ketones (excluding diaryl/α,β-unsaturated/α-hetero) is 1. The molecule has 0 amide bonds. The Bertz CT molecular complexity index is 415. The maximum Gasteiger partial charge on any atom is 0.184 e. The van der Waals surface area contributed by atoms with Crippen LogP contribution in [0.4, 0.5) is 0 Å². The van der Waals surface area contributed by atoms with Gasteiger partial charge in [0, 0.05) is 19.3 Å². The molecular formula is C13H22N4O. The SMILES string of the molecule is CCn1cc(C(=O)C2CN(C)CCCN2C)cn1. The lowest BCUT2D eigenvalue weighted by Gasteiger charge is -2.25. The van der Waals surface area contributed by atoms with Gasteiger partial charge in [0.2, 0.25) is 0 Å². The lowest BCUT2D eigenvalue weighted by Crippen LogP contribution is -2.43. The predicted octanol–water partition coefficient (Wildman–Crippen LogP) is 0.722. The van der Waals surface area contributed by atoms with Crippen LogP contribution in [0.25, 0.3) is 0 Å². The highest BCUT2D eigenvalue weighted by Crippen LogP contribution is 2.12. The second kappa shape index (κ2) is 5.63. The van der Waals surface area contributed by atoms with Crippen LogP contribution in [-0.4, -0.2) is 65.1 Å². The van der Waals surface area contributed by atoms with Crippen molar-refractivity contribution in [2.45, 2.75) is 25.9 Å². The summed E-state index contributed by atoms with van der Waals surface area (Å²) in [5.41, 5.74) is 0.726. The Balaban J connectivity index is 2.15. The third-order valence-corrected chi connectivity index (χ3v) is 3.61. The Morgan fingerprint density at radius 3 is 2.89 bits per heavy atom. The lowest BCUT2D eigenvalue weighted by molar-refractivity contribution is 0.0839. The van der Waals surface area contributed by atoms with E-state index in [1.807, 2.05) is 20.2 Å². The topological polar surface area (TPSA) is 41.4 Å². The molecule has 0 N–H and O–H groups in total. The first-order valence-electron chi connectivity index (χ1n) is 6.57. The molecule has 100 valence electrons. The summed E-state index contributed by atoms with van der Waals surface area (Å²) >= 11 is 0. The number of hydrogen-bond donors (Lipinski definition) is 0. The first-order valence-corrected chi connectivity index (χ1v) is 6.57. The van der Waals surface area contributed by atoms with E-state index in [0.717, 1.165) is 38.2 Å². The molecule has 1 aliphatic rings. The van der Waals surface area contributed by atoms with Crippen molar-refractivity contribution >= 4 is 5.78 Å². The molecule has 0 bridgehead atoms. The van der Waals surface area contributed by atoms with E-state index in [2.05, 4.69) is 21.9 Å². The number of hydrogen-bond acceptors (Lipinski definition) is 4. The van der Waals surface area contributed by atoms with E-state index >= 15 is 0 Å². The standard InChI is InChI=1S/C13H22N4O/c1-4-17-9-11(8-14-17)13(18)12-10-15(2)6-5-7-16(12)3/h8-9,12H,4-7,10H2,1-3H3. The lowest BCUT2D eigenvalue weighted by atomic mass is 10.1. The number of aryl methyl sites for hydroxylation is 1. The van der Waals surface area contributed by atoms with Crippen molar-refractivity contribution in [3.05, 3.63) is 18.0 Å². The zero-order chi connectivity index (χ0) is 13.1. The van der Waals surface area contributed by atoms with E-state index in [0.29, 0.717) is 0 Å². The van der Waals surface area contributed by atoms with Crippen molar-refractivity contribution in [1.82, 2.24) is 19.6 Å². The fourth-order valence-corrected chi connectivity index (χ4v) is 2.41. The first-order chi connectivity index (χ1) is 8.61. The van der Waals surface area contributed by atoms with E-state index in [1.54, 1.807) is 10.9 Å². The molecule has 1 unspecified atom stereocenters. The van der Waals surface area contributed by atoms with Crippen LogP contribution in [-0.2, 0) is 6.54 Å². The van der Waals surface area contributed by atoms with E-state index in [-0.39, 0.29) is 11.8 Å². The van der Waals surface area contributed by atoms with Crippen LogP contribution >= 0.6 is 0 Å². The van der Waals surface area contributed by atoms with Crippen LogP contribution in [0.2, 0.25) is 0 Å². The number of carbonyl (C=O) groups is 1. The summed E-state index contributed by atoms with van der Waals surface area (Å²) in [4.78, 5) is 16.9. The summed E-state index contributed by atoms with van der Waals surface area (Å²) in [6, 6.07) is -0.0491. The zero-order valence-electron chi connectivity index (χ0n) is 11.5. The Kier molecular flexibility index (Phi) is 4.14. The fraction of sp³-hybridized carbons (Fsp3) is 0.692. The van der Waals surface area contributed by atoms with Crippen molar-refractivity contribution in [2.24, 2.45) is 0 Å². The monoisotopic (exact) mass is 250 g/mol. The molecule has 5 heteroatoms. The third-order valence-electron chi connectivity index (χ3n) is 3.61. The van der Waals surface area contributed by atoms with Crippen molar-refractivity contribution in [2.75, 3.05) is 33.7 Å². The van der Waals surface area contributed by atoms with Gasteiger partial charge in [-0.1, -0.05) is 0 Å². The van der Waals surface area contributed by atoms with Gasteiger partial charge in [0.15, 0.2) is 5.78 Å². The molecule has 2 heterocycles. The van der Waals surface area contributed by atoms with E-state index in [4.69, 9.17) is 0 Å². The Morgan fingerprint density at radius 1 is 1.44 bits per heavy atom.